The molecule has 106 valence electrons. The van der Waals surface area contributed by atoms with Gasteiger partial charge >= 0.3 is 0 Å². The molecule has 7 atom stereocenters. The third-order valence-corrected chi connectivity index (χ3v) is 5.14. The highest BCUT2D eigenvalue weighted by Crippen LogP contribution is 2.56. The predicted molar refractivity (Wildman–Crippen MR) is 62.0 cm³/mol. The van der Waals surface area contributed by atoms with Crippen LogP contribution in [0.3, 0.4) is 0 Å². The van der Waals surface area contributed by atoms with Gasteiger partial charge in [0.25, 0.3) is 0 Å². The van der Waals surface area contributed by atoms with Gasteiger partial charge in [-0.05, 0) is 24.8 Å². The molecule has 2 bridgehead atoms. The summed E-state index contributed by atoms with van der Waals surface area (Å²) in [6.07, 6.45) is 0.349. The molecule has 0 amide bonds. The van der Waals surface area contributed by atoms with Crippen molar-refractivity contribution in [2.24, 2.45) is 5.92 Å². The van der Waals surface area contributed by atoms with E-state index in [0.29, 0.717) is 5.57 Å². The molecule has 2 heterocycles. The molecular weight excluding hydrogens is 252 g/mol. The van der Waals surface area contributed by atoms with Crippen molar-refractivity contribution in [2.45, 2.75) is 55.1 Å². The van der Waals surface area contributed by atoms with Crippen molar-refractivity contribution in [1.82, 2.24) is 0 Å². The Bertz CT molecular complexity index is 450. The van der Waals surface area contributed by atoms with Crippen molar-refractivity contribution in [3.8, 4) is 0 Å². The van der Waals surface area contributed by atoms with Crippen LogP contribution in [-0.2, 0) is 9.47 Å². The van der Waals surface area contributed by atoms with E-state index in [4.69, 9.17) is 9.47 Å². The second-order valence-corrected chi connectivity index (χ2v) is 6.11. The number of ether oxygens (including phenoxy) is 2. The molecule has 0 aromatic heterocycles. The highest BCUT2D eigenvalue weighted by atomic mass is 16.7. The minimum atomic E-state index is -1.86. The number of aliphatic hydroxyl groups is 4. The molecule has 6 heteroatoms. The molecule has 19 heavy (non-hydrogen) atoms. The van der Waals surface area contributed by atoms with Crippen molar-refractivity contribution in [2.75, 3.05) is 6.61 Å². The zero-order chi connectivity index (χ0) is 13.4. The normalized spacial score (nSPS) is 59.6. The summed E-state index contributed by atoms with van der Waals surface area (Å²) in [5.41, 5.74) is -2.95. The minimum Gasteiger partial charge on any atom is -0.387 e. The molecule has 1 saturated carbocycles. The van der Waals surface area contributed by atoms with E-state index in [1.165, 1.54) is 0 Å². The van der Waals surface area contributed by atoms with Crippen LogP contribution in [0.15, 0.2) is 11.6 Å². The van der Waals surface area contributed by atoms with Gasteiger partial charge in [0.2, 0.25) is 0 Å². The third-order valence-electron chi connectivity index (χ3n) is 5.14. The van der Waals surface area contributed by atoms with Gasteiger partial charge in [-0.15, -0.1) is 0 Å². The SMILES string of the molecule is O[C@@H]1C2=CCCC[C@H]3O[C@@H]4OC[C@@]1(O)[C@H](O)[C@]4(O)[C@H]23. The first-order valence-corrected chi connectivity index (χ1v) is 6.77. The van der Waals surface area contributed by atoms with Crippen molar-refractivity contribution in [3.63, 3.8) is 0 Å². The number of hydrogen-bond acceptors (Lipinski definition) is 6. The number of rotatable bonds is 0. The fourth-order valence-corrected chi connectivity index (χ4v) is 4.18. The Balaban J connectivity index is 1.92. The zero-order valence-electron chi connectivity index (χ0n) is 10.4. The van der Waals surface area contributed by atoms with Crippen LogP contribution >= 0.6 is 0 Å². The predicted octanol–water partition coefficient (Wildman–Crippen LogP) is -1.33. The topological polar surface area (TPSA) is 99.4 Å². The first-order chi connectivity index (χ1) is 8.99. The molecule has 0 aromatic rings. The molecule has 4 aliphatic rings. The summed E-state index contributed by atoms with van der Waals surface area (Å²) < 4.78 is 11.1. The van der Waals surface area contributed by atoms with Gasteiger partial charge in [-0.3, -0.25) is 0 Å². The van der Waals surface area contributed by atoms with Gasteiger partial charge in [0, 0.05) is 5.92 Å². The number of allylic oxidation sites excluding steroid dienone is 1. The Hall–Kier alpha value is -0.500. The van der Waals surface area contributed by atoms with Crippen LogP contribution in [0, 0.1) is 5.92 Å². The first kappa shape index (κ1) is 12.3. The van der Waals surface area contributed by atoms with E-state index in [2.05, 4.69) is 0 Å². The Labute approximate surface area is 110 Å². The van der Waals surface area contributed by atoms with Crippen molar-refractivity contribution < 1.29 is 29.9 Å². The molecule has 0 radical (unpaired) electrons. The van der Waals surface area contributed by atoms with Gasteiger partial charge in [0.15, 0.2) is 11.9 Å². The summed E-state index contributed by atoms with van der Waals surface area (Å²) >= 11 is 0. The summed E-state index contributed by atoms with van der Waals surface area (Å²) in [5, 5.41) is 42.1. The van der Waals surface area contributed by atoms with E-state index in [1.807, 2.05) is 6.08 Å². The fourth-order valence-electron chi connectivity index (χ4n) is 4.18. The largest absolute Gasteiger partial charge is 0.387 e. The Morgan fingerprint density at radius 3 is 2.84 bits per heavy atom. The van der Waals surface area contributed by atoms with E-state index in [0.717, 1.165) is 19.3 Å². The second-order valence-electron chi connectivity index (χ2n) is 6.11. The lowest BCUT2D eigenvalue weighted by atomic mass is 9.60. The maximum Gasteiger partial charge on any atom is 0.190 e. The van der Waals surface area contributed by atoms with Gasteiger partial charge < -0.3 is 29.9 Å². The summed E-state index contributed by atoms with van der Waals surface area (Å²) in [5.74, 6) is -0.509. The van der Waals surface area contributed by atoms with Gasteiger partial charge in [-0.2, -0.15) is 0 Å². The zero-order valence-corrected chi connectivity index (χ0v) is 10.4. The average molecular weight is 270 g/mol. The van der Waals surface area contributed by atoms with Crippen LogP contribution in [0.5, 0.6) is 0 Å². The third kappa shape index (κ3) is 1.23. The first-order valence-electron chi connectivity index (χ1n) is 6.77. The lowest BCUT2D eigenvalue weighted by Crippen LogP contribution is -2.77. The molecule has 4 N–H and O–H groups in total. The molecule has 6 nitrogen and oxygen atoms in total. The fraction of sp³-hybridized carbons (Fsp3) is 0.846. The summed E-state index contributed by atoms with van der Waals surface area (Å²) in [6, 6.07) is 0. The Morgan fingerprint density at radius 2 is 2.05 bits per heavy atom. The smallest absolute Gasteiger partial charge is 0.190 e. The van der Waals surface area contributed by atoms with E-state index in [9.17, 15) is 20.4 Å². The van der Waals surface area contributed by atoms with Crippen LogP contribution in [-0.4, -0.2) is 62.8 Å². The lowest BCUT2D eigenvalue weighted by Gasteiger charge is -2.55. The van der Waals surface area contributed by atoms with E-state index in [-0.39, 0.29) is 12.7 Å². The van der Waals surface area contributed by atoms with Gasteiger partial charge in [-0.25, -0.2) is 0 Å². The van der Waals surface area contributed by atoms with E-state index >= 15 is 0 Å². The highest BCUT2D eigenvalue weighted by molar-refractivity contribution is 5.35. The second kappa shape index (κ2) is 3.58. The molecule has 3 fully saturated rings. The summed E-state index contributed by atoms with van der Waals surface area (Å²) in [4.78, 5) is 0. The van der Waals surface area contributed by atoms with E-state index < -0.39 is 35.6 Å². The molecule has 0 spiro atoms. The average Bonchev–Trinajstić information content (AvgIpc) is 2.57. The molecular formula is C13H18O6. The maximum absolute atomic E-state index is 10.9. The Kier molecular flexibility index (Phi) is 2.31. The van der Waals surface area contributed by atoms with Gasteiger partial charge in [0.1, 0.15) is 17.8 Å². The molecule has 4 rings (SSSR count). The minimum absolute atomic E-state index is 0.251. The molecule has 2 aliphatic carbocycles. The highest BCUT2D eigenvalue weighted by Gasteiger charge is 2.74. The number of fused-ring (bicyclic) bond motifs is 1. The van der Waals surface area contributed by atoms with Crippen LogP contribution in [0.25, 0.3) is 0 Å². The van der Waals surface area contributed by atoms with Crippen molar-refractivity contribution in [1.29, 1.82) is 0 Å². The standard InChI is InChI=1S/C13H18O6/c14-9-6-3-1-2-4-7-8(6)13(17)10(15)12(9,16)5-18-11(13)19-7/h3,7-11,14-17H,1-2,4-5H2/t7-,8-,9-,10+,11+,12+,13-/m1/s1. The van der Waals surface area contributed by atoms with Crippen LogP contribution in [0.1, 0.15) is 19.3 Å². The van der Waals surface area contributed by atoms with Crippen LogP contribution in [0.4, 0.5) is 0 Å². The molecule has 2 saturated heterocycles. The Morgan fingerprint density at radius 1 is 1.26 bits per heavy atom. The monoisotopic (exact) mass is 270 g/mol. The van der Waals surface area contributed by atoms with Crippen molar-refractivity contribution >= 4 is 0 Å². The van der Waals surface area contributed by atoms with Gasteiger partial charge in [-0.1, -0.05) is 6.08 Å². The van der Waals surface area contributed by atoms with Crippen LogP contribution in [0.2, 0.25) is 0 Å². The van der Waals surface area contributed by atoms with Crippen molar-refractivity contribution in [3.05, 3.63) is 11.6 Å². The van der Waals surface area contributed by atoms with Gasteiger partial charge in [0.05, 0.1) is 12.7 Å². The number of hydrogen-bond donors (Lipinski definition) is 4. The quantitative estimate of drug-likeness (QED) is 0.407. The van der Waals surface area contributed by atoms with E-state index in [1.54, 1.807) is 0 Å². The maximum atomic E-state index is 10.9. The molecule has 2 aliphatic heterocycles. The molecule has 0 aromatic carbocycles. The summed E-state index contributed by atoms with van der Waals surface area (Å²) in [6.45, 7) is -0.251. The lowest BCUT2D eigenvalue weighted by molar-refractivity contribution is -0.340. The number of aliphatic hydroxyl groups excluding tert-OH is 2. The summed E-state index contributed by atoms with van der Waals surface area (Å²) in [7, 11) is 0. The molecule has 0 unspecified atom stereocenters. The van der Waals surface area contributed by atoms with Crippen LogP contribution < -0.4 is 0 Å².